The Labute approximate surface area is 177 Å². The first-order chi connectivity index (χ1) is 14.3. The highest BCUT2D eigenvalue weighted by Crippen LogP contribution is 2.60. The fourth-order valence-electron chi connectivity index (χ4n) is 5.90. The third-order valence-electron chi connectivity index (χ3n) is 7.30. The number of imidazole rings is 1. The number of ether oxygens (including phenoxy) is 1. The van der Waals surface area contributed by atoms with Gasteiger partial charge in [-0.15, -0.1) is 0 Å². The highest BCUT2D eigenvalue weighted by Gasteiger charge is 2.57. The highest BCUT2D eigenvalue weighted by molar-refractivity contribution is 5.69. The fourth-order valence-corrected chi connectivity index (χ4v) is 5.90. The summed E-state index contributed by atoms with van der Waals surface area (Å²) in [5, 5.41) is 14.3. The largest absolute Gasteiger partial charge is 0.444 e. The summed E-state index contributed by atoms with van der Waals surface area (Å²) in [6, 6.07) is 8.78. The van der Waals surface area contributed by atoms with Gasteiger partial charge in [0.05, 0.1) is 30.4 Å². The lowest BCUT2D eigenvalue weighted by Gasteiger charge is -2.57. The summed E-state index contributed by atoms with van der Waals surface area (Å²) in [6.45, 7) is 5.63. The molecular weight excluding hydrogens is 378 g/mol. The average Bonchev–Trinajstić information content (AvgIpc) is 3.27. The number of aliphatic hydroxyl groups is 1. The van der Waals surface area contributed by atoms with Crippen LogP contribution in [-0.4, -0.2) is 38.5 Å². The lowest BCUT2D eigenvalue weighted by Crippen LogP contribution is -2.58. The number of benzene rings is 1. The molecule has 0 radical (unpaired) electrons. The van der Waals surface area contributed by atoms with Crippen LogP contribution < -0.4 is 5.32 Å². The molecule has 30 heavy (non-hydrogen) atoms. The molecule has 6 heteroatoms. The van der Waals surface area contributed by atoms with Crippen LogP contribution in [0.2, 0.25) is 0 Å². The molecule has 1 amide bonds. The molecule has 160 valence electrons. The number of amides is 1. The third-order valence-corrected chi connectivity index (χ3v) is 7.30. The molecule has 1 aliphatic heterocycles. The molecular formula is C24H31N3O3. The molecule has 2 aromatic rings. The van der Waals surface area contributed by atoms with Crippen LogP contribution in [-0.2, 0) is 4.74 Å². The number of aromatic nitrogens is 2. The van der Waals surface area contributed by atoms with E-state index in [2.05, 4.69) is 39.1 Å². The molecule has 2 aliphatic carbocycles. The number of aliphatic hydroxyl groups excluding tert-OH is 1. The topological polar surface area (TPSA) is 76.4 Å². The van der Waals surface area contributed by atoms with Crippen molar-refractivity contribution < 1.29 is 14.6 Å². The quantitative estimate of drug-likeness (QED) is 0.776. The maximum atomic E-state index is 12.1. The number of carbonyl (C=O) groups excluding carboxylic acids is 1. The molecule has 3 aliphatic rings. The Kier molecular flexibility index (Phi) is 4.47. The number of nitrogens with zero attached hydrogens (tertiary/aromatic N) is 2. The minimum atomic E-state index is -0.485. The van der Waals surface area contributed by atoms with Crippen molar-refractivity contribution >= 4 is 6.09 Å². The molecule has 0 bridgehead atoms. The van der Waals surface area contributed by atoms with Gasteiger partial charge in [-0.2, -0.15) is 0 Å². The predicted molar refractivity (Wildman–Crippen MR) is 114 cm³/mol. The first-order valence-electron chi connectivity index (χ1n) is 11.1. The van der Waals surface area contributed by atoms with Gasteiger partial charge < -0.3 is 19.7 Å². The molecule has 2 fully saturated rings. The van der Waals surface area contributed by atoms with Gasteiger partial charge >= 0.3 is 6.09 Å². The summed E-state index contributed by atoms with van der Waals surface area (Å²) < 4.78 is 7.63. The average molecular weight is 410 g/mol. The van der Waals surface area contributed by atoms with E-state index < -0.39 is 5.60 Å². The van der Waals surface area contributed by atoms with Crippen molar-refractivity contribution in [1.29, 1.82) is 0 Å². The zero-order valence-corrected chi connectivity index (χ0v) is 18.0. The summed E-state index contributed by atoms with van der Waals surface area (Å²) in [6.07, 6.45) is 7.83. The molecule has 2 heterocycles. The SMILES string of the molecule is CC(C)(C)OC(=O)NC1CCC2(CC1)C[C@H]([C@H]1c3ccccc3-c3cncn31)[C@H]2O. The normalized spacial score (nSPS) is 32.3. The van der Waals surface area contributed by atoms with Crippen LogP contribution in [0.15, 0.2) is 36.8 Å². The van der Waals surface area contributed by atoms with Crippen molar-refractivity contribution in [3.8, 4) is 11.3 Å². The van der Waals surface area contributed by atoms with Crippen molar-refractivity contribution in [2.45, 2.75) is 76.7 Å². The lowest BCUT2D eigenvalue weighted by molar-refractivity contribution is -0.152. The van der Waals surface area contributed by atoms with Crippen molar-refractivity contribution in [1.82, 2.24) is 14.9 Å². The summed E-state index contributed by atoms with van der Waals surface area (Å²) in [4.78, 5) is 16.4. The van der Waals surface area contributed by atoms with Gasteiger partial charge in [0, 0.05) is 17.5 Å². The van der Waals surface area contributed by atoms with Crippen LogP contribution in [0.25, 0.3) is 11.3 Å². The van der Waals surface area contributed by atoms with E-state index in [1.54, 1.807) is 0 Å². The van der Waals surface area contributed by atoms with Crippen molar-refractivity contribution in [3.05, 3.63) is 42.4 Å². The van der Waals surface area contributed by atoms with Crippen LogP contribution in [0.1, 0.15) is 64.5 Å². The minimum absolute atomic E-state index is 0.0188. The molecule has 1 spiro atoms. The van der Waals surface area contributed by atoms with Gasteiger partial charge in [0.25, 0.3) is 0 Å². The number of hydrogen-bond acceptors (Lipinski definition) is 4. The second-order valence-corrected chi connectivity index (χ2v) is 10.3. The molecule has 0 saturated heterocycles. The zero-order valence-electron chi connectivity index (χ0n) is 18.0. The van der Waals surface area contributed by atoms with Gasteiger partial charge in [-0.3, -0.25) is 0 Å². The predicted octanol–water partition coefficient (Wildman–Crippen LogP) is 4.29. The summed E-state index contributed by atoms with van der Waals surface area (Å²) >= 11 is 0. The van der Waals surface area contributed by atoms with E-state index in [4.69, 9.17) is 4.74 Å². The first kappa shape index (κ1) is 19.6. The van der Waals surface area contributed by atoms with E-state index >= 15 is 0 Å². The van der Waals surface area contributed by atoms with E-state index in [0.29, 0.717) is 0 Å². The third kappa shape index (κ3) is 3.13. The second-order valence-electron chi connectivity index (χ2n) is 10.3. The van der Waals surface area contributed by atoms with Gasteiger partial charge in [-0.05, 0) is 63.9 Å². The smallest absolute Gasteiger partial charge is 0.407 e. The van der Waals surface area contributed by atoms with Gasteiger partial charge in [0.2, 0.25) is 0 Å². The van der Waals surface area contributed by atoms with E-state index in [1.165, 1.54) is 11.1 Å². The molecule has 0 unspecified atom stereocenters. The van der Waals surface area contributed by atoms with Crippen LogP contribution in [0.3, 0.4) is 0 Å². The zero-order chi connectivity index (χ0) is 21.1. The highest BCUT2D eigenvalue weighted by atomic mass is 16.6. The number of alkyl carbamates (subject to hydrolysis) is 1. The molecule has 2 saturated carbocycles. The maximum Gasteiger partial charge on any atom is 0.407 e. The van der Waals surface area contributed by atoms with Gasteiger partial charge in [0.1, 0.15) is 5.60 Å². The van der Waals surface area contributed by atoms with Gasteiger partial charge in [-0.1, -0.05) is 24.3 Å². The van der Waals surface area contributed by atoms with E-state index in [-0.39, 0.29) is 35.6 Å². The number of fused-ring (bicyclic) bond motifs is 3. The monoisotopic (exact) mass is 409 g/mol. The molecule has 1 aromatic carbocycles. The number of rotatable bonds is 2. The van der Waals surface area contributed by atoms with Crippen LogP contribution in [0.5, 0.6) is 0 Å². The van der Waals surface area contributed by atoms with E-state index in [0.717, 1.165) is 37.8 Å². The molecule has 5 rings (SSSR count). The molecule has 6 nitrogen and oxygen atoms in total. The Bertz CT molecular complexity index is 953. The van der Waals surface area contributed by atoms with Crippen LogP contribution in [0.4, 0.5) is 4.79 Å². The van der Waals surface area contributed by atoms with Gasteiger partial charge in [-0.25, -0.2) is 9.78 Å². The Morgan fingerprint density at radius 2 is 2.00 bits per heavy atom. The number of carbonyl (C=O) groups is 1. The maximum absolute atomic E-state index is 12.1. The Morgan fingerprint density at radius 3 is 2.70 bits per heavy atom. The standard InChI is InChI=1S/C24H31N3O3/c1-23(2,3)30-22(29)26-15-8-10-24(11-9-15)12-18(21(24)28)20-17-7-5-4-6-16(17)19-13-25-14-27(19)20/h4-7,13-15,18,20-21,28H,8-12H2,1-3H3,(H,26,29)/t15?,18-,20-,21-,24?/m1/s1. The lowest BCUT2D eigenvalue weighted by atomic mass is 9.51. The summed E-state index contributed by atoms with van der Waals surface area (Å²) in [5.74, 6) is 0.206. The van der Waals surface area contributed by atoms with Crippen LogP contribution in [0, 0.1) is 11.3 Å². The Hall–Kier alpha value is -2.34. The molecule has 2 N–H and O–H groups in total. The minimum Gasteiger partial charge on any atom is -0.444 e. The van der Waals surface area contributed by atoms with Crippen molar-refractivity contribution in [3.63, 3.8) is 0 Å². The number of nitrogens with one attached hydrogen (secondary N) is 1. The summed E-state index contributed by atoms with van der Waals surface area (Å²) in [7, 11) is 0. The fraction of sp³-hybridized carbons (Fsp3) is 0.583. The number of hydrogen-bond donors (Lipinski definition) is 2. The Balaban J connectivity index is 1.24. The molecule has 1 aromatic heterocycles. The van der Waals surface area contributed by atoms with E-state index in [1.807, 2.05) is 33.3 Å². The molecule has 3 atom stereocenters. The first-order valence-corrected chi connectivity index (χ1v) is 11.1. The van der Waals surface area contributed by atoms with E-state index in [9.17, 15) is 9.90 Å². The van der Waals surface area contributed by atoms with Gasteiger partial charge in [0.15, 0.2) is 0 Å². The van der Waals surface area contributed by atoms with Crippen LogP contribution >= 0.6 is 0 Å². The van der Waals surface area contributed by atoms with Crippen molar-refractivity contribution in [2.24, 2.45) is 11.3 Å². The Morgan fingerprint density at radius 1 is 1.27 bits per heavy atom. The van der Waals surface area contributed by atoms with Crippen molar-refractivity contribution in [2.75, 3.05) is 0 Å². The second kappa shape index (κ2) is 6.84. The summed E-state index contributed by atoms with van der Waals surface area (Å²) in [5.41, 5.74) is 3.18.